The largest absolute Gasteiger partial charge is 0.207 e. The first-order valence-electron chi connectivity index (χ1n) is 8.59. The molecule has 0 heterocycles. The molecular weight excluding hydrogens is 338 g/mol. The van der Waals surface area contributed by atoms with Crippen LogP contribution >= 0.6 is 0 Å². The fourth-order valence-corrected chi connectivity index (χ4v) is 2.55. The van der Waals surface area contributed by atoms with Crippen LogP contribution in [0, 0.1) is 56.1 Å². The number of benzene rings is 3. The van der Waals surface area contributed by atoms with Crippen LogP contribution in [0.5, 0.6) is 0 Å². The Hall–Kier alpha value is -3.36. The Kier molecular flexibility index (Phi) is 5.39. The minimum Gasteiger partial charge on any atom is -0.207 e. The normalized spacial score (nSPS) is 9.81. The molecule has 3 aromatic carbocycles. The van der Waals surface area contributed by atoms with Gasteiger partial charge in [0.2, 0.25) is 0 Å². The van der Waals surface area contributed by atoms with Gasteiger partial charge < -0.3 is 0 Å². The van der Waals surface area contributed by atoms with Crippen molar-refractivity contribution in [1.82, 2.24) is 0 Å². The van der Waals surface area contributed by atoms with Crippen LogP contribution in [-0.4, -0.2) is 0 Å². The van der Waals surface area contributed by atoms with E-state index in [1.165, 1.54) is 12.1 Å². The molecule has 0 unspecified atom stereocenters. The molecule has 0 amide bonds. The Labute approximate surface area is 158 Å². The van der Waals surface area contributed by atoms with E-state index in [0.717, 1.165) is 22.3 Å². The zero-order chi connectivity index (χ0) is 19.4. The van der Waals surface area contributed by atoms with Gasteiger partial charge in [-0.1, -0.05) is 35.8 Å². The van der Waals surface area contributed by atoms with Gasteiger partial charge >= 0.3 is 0 Å². The van der Waals surface area contributed by atoms with Crippen LogP contribution in [0.15, 0.2) is 54.6 Å². The molecule has 0 aliphatic heterocycles. The molecule has 0 atom stereocenters. The van der Waals surface area contributed by atoms with Gasteiger partial charge in [-0.3, -0.25) is 0 Å². The van der Waals surface area contributed by atoms with Crippen LogP contribution in [0.4, 0.5) is 8.78 Å². The second-order valence-electron chi connectivity index (χ2n) is 6.48. The predicted octanol–water partition coefficient (Wildman–Crippen LogP) is 5.69. The topological polar surface area (TPSA) is 0 Å². The molecule has 0 fully saturated rings. The van der Waals surface area contributed by atoms with Crippen molar-refractivity contribution in [3.05, 3.63) is 105 Å². The van der Waals surface area contributed by atoms with Crippen molar-refractivity contribution in [2.75, 3.05) is 0 Å². The molecule has 3 aromatic rings. The maximum absolute atomic E-state index is 13.9. The van der Waals surface area contributed by atoms with Crippen molar-refractivity contribution >= 4 is 0 Å². The lowest BCUT2D eigenvalue weighted by Crippen LogP contribution is -1.87. The van der Waals surface area contributed by atoms with Gasteiger partial charge in [0, 0.05) is 16.7 Å². The first-order chi connectivity index (χ1) is 12.9. The van der Waals surface area contributed by atoms with E-state index in [4.69, 9.17) is 0 Å². The monoisotopic (exact) mass is 356 g/mol. The van der Waals surface area contributed by atoms with Gasteiger partial charge in [0.25, 0.3) is 0 Å². The highest BCUT2D eigenvalue weighted by Gasteiger charge is 2.00. The van der Waals surface area contributed by atoms with Crippen molar-refractivity contribution in [2.24, 2.45) is 0 Å². The first-order valence-corrected chi connectivity index (χ1v) is 8.59. The van der Waals surface area contributed by atoms with Gasteiger partial charge in [-0.05, 0) is 79.9 Å². The molecule has 2 heteroatoms. The SMILES string of the molecule is Cc1ccc(C#Cc2ccc(C#Cc3ccc(C)c(F)c3)c(C)c2)c(F)c1. The maximum atomic E-state index is 13.9. The maximum Gasteiger partial charge on any atom is 0.139 e. The molecule has 3 rings (SSSR count). The lowest BCUT2D eigenvalue weighted by molar-refractivity contribution is 0.618. The summed E-state index contributed by atoms with van der Waals surface area (Å²) >= 11 is 0. The van der Waals surface area contributed by atoms with Crippen molar-refractivity contribution in [2.45, 2.75) is 20.8 Å². The van der Waals surface area contributed by atoms with Crippen LogP contribution in [-0.2, 0) is 0 Å². The van der Waals surface area contributed by atoms with E-state index >= 15 is 0 Å². The Bertz CT molecular complexity index is 1130. The third-order valence-corrected chi connectivity index (χ3v) is 4.21. The van der Waals surface area contributed by atoms with Crippen LogP contribution < -0.4 is 0 Å². The number of aryl methyl sites for hydroxylation is 3. The number of rotatable bonds is 0. The summed E-state index contributed by atoms with van der Waals surface area (Å²) in [6.07, 6.45) is 0. The van der Waals surface area contributed by atoms with Crippen molar-refractivity contribution < 1.29 is 8.78 Å². The molecule has 0 N–H and O–H groups in total. The van der Waals surface area contributed by atoms with Gasteiger partial charge in [0.15, 0.2) is 0 Å². The average Bonchev–Trinajstić information content (AvgIpc) is 2.63. The molecule has 0 saturated heterocycles. The number of halogens is 2. The molecule has 0 aliphatic carbocycles. The van der Waals surface area contributed by atoms with E-state index < -0.39 is 0 Å². The summed E-state index contributed by atoms with van der Waals surface area (Å²) in [7, 11) is 0. The fourth-order valence-electron chi connectivity index (χ4n) is 2.55. The zero-order valence-electron chi connectivity index (χ0n) is 15.5. The van der Waals surface area contributed by atoms with Crippen LogP contribution in [0.3, 0.4) is 0 Å². The molecule has 0 radical (unpaired) electrons. The Morgan fingerprint density at radius 3 is 1.85 bits per heavy atom. The lowest BCUT2D eigenvalue weighted by atomic mass is 10.0. The summed E-state index contributed by atoms with van der Waals surface area (Å²) in [6, 6.07) is 15.6. The molecule has 0 spiro atoms. The molecule has 132 valence electrons. The average molecular weight is 356 g/mol. The summed E-state index contributed by atoms with van der Waals surface area (Å²) in [5.41, 5.74) is 5.09. The first kappa shape index (κ1) is 18.4. The molecular formula is C25H18F2. The van der Waals surface area contributed by atoms with Crippen molar-refractivity contribution in [3.63, 3.8) is 0 Å². The predicted molar refractivity (Wildman–Crippen MR) is 105 cm³/mol. The van der Waals surface area contributed by atoms with Crippen molar-refractivity contribution in [1.29, 1.82) is 0 Å². The highest BCUT2D eigenvalue weighted by Crippen LogP contribution is 2.13. The summed E-state index contributed by atoms with van der Waals surface area (Å²) in [4.78, 5) is 0. The Morgan fingerprint density at radius 1 is 0.556 bits per heavy atom. The summed E-state index contributed by atoms with van der Waals surface area (Å²) < 4.78 is 27.5. The van der Waals surface area contributed by atoms with Gasteiger partial charge in [-0.25, -0.2) is 8.78 Å². The van der Waals surface area contributed by atoms with E-state index in [0.29, 0.717) is 16.7 Å². The van der Waals surface area contributed by atoms with Gasteiger partial charge in [0.1, 0.15) is 11.6 Å². The molecule has 0 bridgehead atoms. The lowest BCUT2D eigenvalue weighted by Gasteiger charge is -2.00. The summed E-state index contributed by atoms with van der Waals surface area (Å²) in [6.45, 7) is 5.50. The standard InChI is InChI=1S/C25H18F2/c1-17-4-10-23(25(27)14-17)13-9-20-7-11-22(19(3)15-20)12-8-21-6-5-18(2)24(26)16-21/h4-7,10-11,14-16H,1-3H3. The van der Waals surface area contributed by atoms with Crippen LogP contribution in [0.25, 0.3) is 0 Å². The van der Waals surface area contributed by atoms with Crippen LogP contribution in [0.2, 0.25) is 0 Å². The third kappa shape index (κ3) is 4.63. The second-order valence-corrected chi connectivity index (χ2v) is 6.48. The van der Waals surface area contributed by atoms with Crippen molar-refractivity contribution in [3.8, 4) is 23.7 Å². The minimum absolute atomic E-state index is 0.257. The minimum atomic E-state index is -0.313. The van der Waals surface area contributed by atoms with E-state index in [1.807, 2.05) is 38.1 Å². The fraction of sp³-hybridized carbons (Fsp3) is 0.120. The van der Waals surface area contributed by atoms with Crippen LogP contribution in [0.1, 0.15) is 38.9 Å². The molecule has 27 heavy (non-hydrogen) atoms. The summed E-state index contributed by atoms with van der Waals surface area (Å²) in [5, 5.41) is 0. The number of hydrogen-bond acceptors (Lipinski definition) is 0. The molecule has 0 aromatic heterocycles. The Balaban J connectivity index is 1.84. The summed E-state index contributed by atoms with van der Waals surface area (Å²) in [5.74, 6) is 11.3. The highest BCUT2D eigenvalue weighted by molar-refractivity contribution is 5.51. The van der Waals surface area contributed by atoms with Gasteiger partial charge in [0.05, 0.1) is 5.56 Å². The number of hydrogen-bond donors (Lipinski definition) is 0. The van der Waals surface area contributed by atoms with Gasteiger partial charge in [-0.2, -0.15) is 0 Å². The van der Waals surface area contributed by atoms with E-state index in [1.54, 1.807) is 25.1 Å². The molecule has 0 saturated carbocycles. The van der Waals surface area contributed by atoms with E-state index in [2.05, 4.69) is 23.7 Å². The highest BCUT2D eigenvalue weighted by atomic mass is 19.1. The quantitative estimate of drug-likeness (QED) is 0.454. The third-order valence-electron chi connectivity index (χ3n) is 4.21. The van der Waals surface area contributed by atoms with E-state index in [-0.39, 0.29) is 11.6 Å². The zero-order valence-corrected chi connectivity index (χ0v) is 15.5. The Morgan fingerprint density at radius 2 is 1.19 bits per heavy atom. The second kappa shape index (κ2) is 7.90. The van der Waals surface area contributed by atoms with E-state index in [9.17, 15) is 8.78 Å². The molecule has 0 aliphatic rings. The molecule has 0 nitrogen and oxygen atoms in total. The van der Waals surface area contributed by atoms with Gasteiger partial charge in [-0.15, -0.1) is 0 Å². The smallest absolute Gasteiger partial charge is 0.139 e.